The predicted molar refractivity (Wildman–Crippen MR) is 77.9 cm³/mol. The molecule has 2 unspecified atom stereocenters. The average molecular weight is 289 g/mol. The minimum Gasteiger partial charge on any atom is -0.496 e. The summed E-state index contributed by atoms with van der Waals surface area (Å²) in [5.41, 5.74) is 7.40. The van der Waals surface area contributed by atoms with Crippen LogP contribution >= 0.6 is 0 Å². The molecule has 7 nitrogen and oxygen atoms in total. The SMILES string of the molecule is COc1cccc(N)c1-c1nnnn1C(C)C1CCCO1. The quantitative estimate of drug-likeness (QED) is 0.861. The first kappa shape index (κ1) is 13.8. The molecule has 0 saturated carbocycles. The molecule has 3 rings (SSSR count). The van der Waals surface area contributed by atoms with Crippen LogP contribution in [0.5, 0.6) is 5.75 Å². The minimum absolute atomic E-state index is 0.0433. The third kappa shape index (κ3) is 2.44. The molecule has 0 bridgehead atoms. The predicted octanol–water partition coefficient (Wildman–Crippen LogP) is 1.67. The lowest BCUT2D eigenvalue weighted by atomic mass is 10.1. The lowest BCUT2D eigenvalue weighted by molar-refractivity contribution is 0.0690. The highest BCUT2D eigenvalue weighted by Crippen LogP contribution is 2.35. The maximum absolute atomic E-state index is 6.09. The van der Waals surface area contributed by atoms with Gasteiger partial charge >= 0.3 is 0 Å². The summed E-state index contributed by atoms with van der Waals surface area (Å²) in [4.78, 5) is 0. The van der Waals surface area contributed by atoms with Crippen LogP contribution in [-0.2, 0) is 4.74 Å². The molecular formula is C14H19N5O2. The van der Waals surface area contributed by atoms with E-state index in [2.05, 4.69) is 22.4 Å². The molecular weight excluding hydrogens is 270 g/mol. The molecule has 7 heteroatoms. The molecule has 0 aliphatic carbocycles. The van der Waals surface area contributed by atoms with Gasteiger partial charge in [0.2, 0.25) is 0 Å². The summed E-state index contributed by atoms with van der Waals surface area (Å²) in [5, 5.41) is 12.1. The first-order chi connectivity index (χ1) is 10.2. The van der Waals surface area contributed by atoms with E-state index in [0.29, 0.717) is 17.3 Å². The molecule has 0 amide bonds. The van der Waals surface area contributed by atoms with Gasteiger partial charge in [-0.3, -0.25) is 0 Å². The second-order valence-electron chi connectivity index (χ2n) is 5.16. The number of nitrogens with zero attached hydrogens (tertiary/aromatic N) is 4. The fourth-order valence-electron chi connectivity index (χ4n) is 2.73. The Hall–Kier alpha value is -2.15. The summed E-state index contributed by atoms with van der Waals surface area (Å²) in [5.74, 6) is 1.26. The van der Waals surface area contributed by atoms with Crippen LogP contribution in [0.4, 0.5) is 5.69 Å². The zero-order chi connectivity index (χ0) is 14.8. The fourth-order valence-corrected chi connectivity index (χ4v) is 2.73. The standard InChI is InChI=1S/C14H19N5O2/c1-9(11-7-4-8-21-11)19-14(16-17-18-19)13-10(15)5-3-6-12(13)20-2/h3,5-6,9,11H,4,7-8,15H2,1-2H3. The van der Waals surface area contributed by atoms with Crippen molar-refractivity contribution in [2.75, 3.05) is 19.5 Å². The summed E-state index contributed by atoms with van der Waals surface area (Å²) < 4.78 is 12.9. The number of hydrogen-bond acceptors (Lipinski definition) is 6. The van der Waals surface area contributed by atoms with Crippen LogP contribution in [0, 0.1) is 0 Å². The number of methoxy groups -OCH3 is 1. The number of hydrogen-bond donors (Lipinski definition) is 1. The van der Waals surface area contributed by atoms with E-state index in [1.807, 2.05) is 18.2 Å². The second kappa shape index (κ2) is 5.69. The van der Waals surface area contributed by atoms with Gasteiger partial charge in [-0.15, -0.1) is 5.10 Å². The largest absolute Gasteiger partial charge is 0.496 e. The highest BCUT2D eigenvalue weighted by molar-refractivity contribution is 5.77. The van der Waals surface area contributed by atoms with E-state index in [0.717, 1.165) is 25.0 Å². The van der Waals surface area contributed by atoms with Gasteiger partial charge in [0.25, 0.3) is 0 Å². The second-order valence-corrected chi connectivity index (χ2v) is 5.16. The Labute approximate surface area is 123 Å². The Morgan fingerprint density at radius 1 is 1.48 bits per heavy atom. The van der Waals surface area contributed by atoms with Crippen LogP contribution in [0.1, 0.15) is 25.8 Å². The van der Waals surface area contributed by atoms with Gasteiger partial charge < -0.3 is 15.2 Å². The molecule has 2 N–H and O–H groups in total. The van der Waals surface area contributed by atoms with E-state index in [1.165, 1.54) is 0 Å². The molecule has 1 aliphatic rings. The third-order valence-corrected chi connectivity index (χ3v) is 3.88. The van der Waals surface area contributed by atoms with Gasteiger partial charge in [-0.2, -0.15) is 0 Å². The molecule has 0 radical (unpaired) electrons. The minimum atomic E-state index is 0.0433. The van der Waals surface area contributed by atoms with Crippen LogP contribution < -0.4 is 10.5 Å². The number of nitrogens with two attached hydrogens (primary N) is 1. The fraction of sp³-hybridized carbons (Fsp3) is 0.500. The monoisotopic (exact) mass is 289 g/mol. The van der Waals surface area contributed by atoms with Crippen molar-refractivity contribution >= 4 is 5.69 Å². The van der Waals surface area contributed by atoms with Crippen molar-refractivity contribution in [3.63, 3.8) is 0 Å². The van der Waals surface area contributed by atoms with E-state index in [9.17, 15) is 0 Å². The maximum atomic E-state index is 6.09. The summed E-state index contributed by atoms with van der Waals surface area (Å²) in [6.45, 7) is 2.85. The number of anilines is 1. The molecule has 1 aromatic heterocycles. The molecule has 2 atom stereocenters. The van der Waals surface area contributed by atoms with Crippen molar-refractivity contribution in [3.8, 4) is 17.1 Å². The lowest BCUT2D eigenvalue weighted by Gasteiger charge is -2.20. The smallest absolute Gasteiger partial charge is 0.188 e. The highest BCUT2D eigenvalue weighted by Gasteiger charge is 2.28. The van der Waals surface area contributed by atoms with Crippen LogP contribution in [0.3, 0.4) is 0 Å². The molecule has 2 aromatic rings. The van der Waals surface area contributed by atoms with Crippen molar-refractivity contribution in [3.05, 3.63) is 18.2 Å². The molecule has 1 fully saturated rings. The van der Waals surface area contributed by atoms with E-state index in [4.69, 9.17) is 15.2 Å². The molecule has 21 heavy (non-hydrogen) atoms. The molecule has 1 aliphatic heterocycles. The maximum Gasteiger partial charge on any atom is 0.188 e. The van der Waals surface area contributed by atoms with Gasteiger partial charge in [-0.25, -0.2) is 4.68 Å². The molecule has 2 heterocycles. The molecule has 0 spiro atoms. The Kier molecular flexibility index (Phi) is 3.74. The zero-order valence-corrected chi connectivity index (χ0v) is 12.2. The summed E-state index contributed by atoms with van der Waals surface area (Å²) in [6, 6.07) is 5.55. The number of aromatic nitrogens is 4. The Bertz CT molecular complexity index is 622. The summed E-state index contributed by atoms with van der Waals surface area (Å²) >= 11 is 0. The van der Waals surface area contributed by atoms with Gasteiger partial charge in [-0.1, -0.05) is 6.07 Å². The van der Waals surface area contributed by atoms with Crippen molar-refractivity contribution < 1.29 is 9.47 Å². The first-order valence-corrected chi connectivity index (χ1v) is 7.04. The van der Waals surface area contributed by atoms with Gasteiger partial charge in [0.1, 0.15) is 5.75 Å². The normalized spacial score (nSPS) is 19.6. The van der Waals surface area contributed by atoms with Gasteiger partial charge in [0.15, 0.2) is 5.82 Å². The van der Waals surface area contributed by atoms with E-state index < -0.39 is 0 Å². The third-order valence-electron chi connectivity index (χ3n) is 3.88. The number of nitrogen functional groups attached to an aromatic ring is 1. The zero-order valence-electron chi connectivity index (χ0n) is 12.2. The molecule has 112 valence electrons. The van der Waals surface area contributed by atoms with Crippen LogP contribution in [-0.4, -0.2) is 40.0 Å². The van der Waals surface area contributed by atoms with E-state index >= 15 is 0 Å². The highest BCUT2D eigenvalue weighted by atomic mass is 16.5. The van der Waals surface area contributed by atoms with Crippen LogP contribution in [0.2, 0.25) is 0 Å². The van der Waals surface area contributed by atoms with E-state index in [-0.39, 0.29) is 12.1 Å². The number of ether oxygens (including phenoxy) is 2. The Balaban J connectivity index is 2.03. The Morgan fingerprint density at radius 2 is 2.33 bits per heavy atom. The van der Waals surface area contributed by atoms with Gasteiger partial charge in [0.05, 0.1) is 24.8 Å². The summed E-state index contributed by atoms with van der Waals surface area (Å²) in [6.07, 6.45) is 2.22. The lowest BCUT2D eigenvalue weighted by Crippen LogP contribution is -2.23. The first-order valence-electron chi connectivity index (χ1n) is 7.04. The van der Waals surface area contributed by atoms with E-state index in [1.54, 1.807) is 11.8 Å². The summed E-state index contributed by atoms with van der Waals surface area (Å²) in [7, 11) is 1.61. The number of benzene rings is 1. The van der Waals surface area contributed by atoms with Crippen LogP contribution in [0.25, 0.3) is 11.4 Å². The Morgan fingerprint density at radius 3 is 3.05 bits per heavy atom. The number of tetrazole rings is 1. The van der Waals surface area contributed by atoms with Crippen molar-refractivity contribution in [1.29, 1.82) is 0 Å². The van der Waals surface area contributed by atoms with Gasteiger partial charge in [-0.05, 0) is 42.3 Å². The van der Waals surface area contributed by atoms with Crippen molar-refractivity contribution in [2.24, 2.45) is 0 Å². The molecule has 1 aromatic carbocycles. The van der Waals surface area contributed by atoms with Crippen molar-refractivity contribution in [1.82, 2.24) is 20.2 Å². The average Bonchev–Trinajstić information content (AvgIpc) is 3.17. The van der Waals surface area contributed by atoms with Crippen LogP contribution in [0.15, 0.2) is 18.2 Å². The topological polar surface area (TPSA) is 88.1 Å². The van der Waals surface area contributed by atoms with Crippen molar-refractivity contribution in [2.45, 2.75) is 31.9 Å². The number of rotatable bonds is 4. The van der Waals surface area contributed by atoms with Gasteiger partial charge in [0, 0.05) is 12.3 Å². The molecule has 1 saturated heterocycles.